The molecule has 6 nitrogen and oxygen atoms in total. The third-order valence-corrected chi connectivity index (χ3v) is 4.60. The minimum absolute atomic E-state index is 0.00273. The Balaban J connectivity index is 2.25. The second-order valence-electron chi connectivity index (χ2n) is 6.28. The summed E-state index contributed by atoms with van der Waals surface area (Å²) in [7, 11) is 0. The fraction of sp³-hybridized carbons (Fsp3) is 0.667. The molecule has 22 heavy (non-hydrogen) atoms. The first-order chi connectivity index (χ1) is 10.4. The van der Waals surface area contributed by atoms with Gasteiger partial charge in [-0.05, 0) is 18.8 Å². The molecule has 1 amide bonds. The molecule has 1 aliphatic heterocycles. The lowest BCUT2D eigenvalue weighted by Crippen LogP contribution is -2.51. The lowest BCUT2D eigenvalue weighted by atomic mass is 9.87. The number of carbonyl (C=O) groups is 2. The average Bonchev–Trinajstić information content (AvgIpc) is 3.06. The Bertz CT molecular complexity index is 518. The Morgan fingerprint density at radius 2 is 2.27 bits per heavy atom. The Labute approximate surface area is 134 Å². The monoisotopic (exact) mass is 325 g/mol. The van der Waals surface area contributed by atoms with Crippen molar-refractivity contribution in [3.8, 4) is 0 Å². The van der Waals surface area contributed by atoms with Crippen LogP contribution in [0.1, 0.15) is 45.2 Å². The van der Waals surface area contributed by atoms with Crippen LogP contribution >= 0.6 is 11.3 Å². The number of nitrogens with zero attached hydrogens (tertiary/aromatic N) is 1. The number of amides is 1. The second-order valence-corrected chi connectivity index (χ2v) is 6.99. The van der Waals surface area contributed by atoms with E-state index >= 15 is 0 Å². The minimum atomic E-state index is -0.853. The van der Waals surface area contributed by atoms with Gasteiger partial charge in [0.2, 0.25) is 5.91 Å². The van der Waals surface area contributed by atoms with Gasteiger partial charge in [-0.1, -0.05) is 13.8 Å². The highest BCUT2D eigenvalue weighted by Crippen LogP contribution is 2.34. The molecule has 0 spiro atoms. The zero-order chi connectivity index (χ0) is 16.3. The number of carboxylic acid groups (broad SMARTS) is 1. The van der Waals surface area contributed by atoms with E-state index in [2.05, 4.69) is 29.5 Å². The van der Waals surface area contributed by atoms with Gasteiger partial charge in [0, 0.05) is 30.3 Å². The van der Waals surface area contributed by atoms with E-state index < -0.39 is 12.0 Å². The quantitative estimate of drug-likeness (QED) is 0.739. The molecule has 2 heterocycles. The number of carbonyl (C=O) groups excluding carboxylic acids is 1. The Morgan fingerprint density at radius 3 is 2.77 bits per heavy atom. The van der Waals surface area contributed by atoms with Crippen molar-refractivity contribution in [1.29, 1.82) is 0 Å². The first kappa shape index (κ1) is 16.9. The number of carboxylic acids is 1. The second kappa shape index (κ2) is 7.19. The van der Waals surface area contributed by atoms with Gasteiger partial charge in [0.1, 0.15) is 6.04 Å². The van der Waals surface area contributed by atoms with Crippen LogP contribution in [-0.4, -0.2) is 40.1 Å². The highest BCUT2D eigenvalue weighted by molar-refractivity contribution is 7.07. The molecular weight excluding hydrogens is 302 g/mol. The van der Waals surface area contributed by atoms with Gasteiger partial charge in [0.05, 0.1) is 11.2 Å². The Kier molecular flexibility index (Phi) is 5.52. The fourth-order valence-corrected chi connectivity index (χ4v) is 3.78. The maximum Gasteiger partial charge on any atom is 0.320 e. The summed E-state index contributed by atoms with van der Waals surface area (Å²) < 4.78 is 0. The van der Waals surface area contributed by atoms with Crippen LogP contribution in [0, 0.1) is 5.92 Å². The number of aliphatic carboxylic acids is 1. The summed E-state index contributed by atoms with van der Waals surface area (Å²) in [6.07, 6.45) is 1.29. The van der Waals surface area contributed by atoms with Crippen LogP contribution in [0.5, 0.6) is 0 Å². The number of nitrogens with one attached hydrogen (secondary N) is 2. The molecule has 1 aliphatic rings. The van der Waals surface area contributed by atoms with E-state index in [0.717, 1.165) is 12.1 Å². The maximum absolute atomic E-state index is 11.5. The van der Waals surface area contributed by atoms with Gasteiger partial charge >= 0.3 is 5.97 Å². The van der Waals surface area contributed by atoms with Gasteiger partial charge in [-0.15, -0.1) is 11.3 Å². The van der Waals surface area contributed by atoms with Crippen molar-refractivity contribution >= 4 is 23.2 Å². The predicted octanol–water partition coefficient (Wildman–Crippen LogP) is 1.59. The van der Waals surface area contributed by atoms with Crippen molar-refractivity contribution in [2.45, 2.75) is 57.7 Å². The summed E-state index contributed by atoms with van der Waals surface area (Å²) in [6.45, 7) is 5.68. The van der Waals surface area contributed by atoms with Gasteiger partial charge < -0.3 is 10.4 Å². The van der Waals surface area contributed by atoms with Crippen molar-refractivity contribution in [3.63, 3.8) is 0 Å². The molecule has 1 saturated heterocycles. The lowest BCUT2D eigenvalue weighted by Gasteiger charge is -2.30. The van der Waals surface area contributed by atoms with Gasteiger partial charge in [-0.3, -0.25) is 14.9 Å². The van der Waals surface area contributed by atoms with Crippen LogP contribution in [0.15, 0.2) is 10.9 Å². The molecule has 0 saturated carbocycles. The van der Waals surface area contributed by atoms with Gasteiger partial charge in [0.25, 0.3) is 0 Å². The number of thiazole rings is 1. The smallest absolute Gasteiger partial charge is 0.320 e. The predicted molar refractivity (Wildman–Crippen MR) is 84.9 cm³/mol. The maximum atomic E-state index is 11.5. The molecule has 4 atom stereocenters. The molecule has 1 aromatic heterocycles. The number of hydrogen-bond acceptors (Lipinski definition) is 5. The van der Waals surface area contributed by atoms with Gasteiger partial charge in [-0.25, -0.2) is 4.98 Å². The first-order valence-corrected chi connectivity index (χ1v) is 8.46. The van der Waals surface area contributed by atoms with E-state index in [1.54, 1.807) is 5.51 Å². The van der Waals surface area contributed by atoms with E-state index in [9.17, 15) is 14.7 Å². The molecule has 3 unspecified atom stereocenters. The Morgan fingerprint density at radius 1 is 1.55 bits per heavy atom. The Hall–Kier alpha value is -1.47. The molecule has 2 rings (SSSR count). The summed E-state index contributed by atoms with van der Waals surface area (Å²) in [5.74, 6) is -0.543. The average molecular weight is 325 g/mol. The van der Waals surface area contributed by atoms with Crippen LogP contribution in [0.4, 0.5) is 0 Å². The SMILES string of the molecule is CC(=O)NC(CC(C)C)C1N[C@H](C(=O)O)CC1c1cscn1. The molecule has 0 aromatic carbocycles. The third kappa shape index (κ3) is 4.04. The van der Waals surface area contributed by atoms with E-state index in [1.807, 2.05) is 5.38 Å². The zero-order valence-corrected chi connectivity index (χ0v) is 13.9. The molecule has 0 bridgehead atoms. The topological polar surface area (TPSA) is 91.3 Å². The van der Waals surface area contributed by atoms with E-state index in [1.165, 1.54) is 18.3 Å². The van der Waals surface area contributed by atoms with Crippen molar-refractivity contribution in [2.24, 2.45) is 5.92 Å². The highest BCUT2D eigenvalue weighted by Gasteiger charge is 2.43. The van der Waals surface area contributed by atoms with Crippen molar-refractivity contribution in [3.05, 3.63) is 16.6 Å². The molecule has 1 aromatic rings. The van der Waals surface area contributed by atoms with Crippen LogP contribution in [0.25, 0.3) is 0 Å². The van der Waals surface area contributed by atoms with Crippen LogP contribution in [0.3, 0.4) is 0 Å². The number of rotatable bonds is 6. The molecular formula is C15H23N3O3S. The fourth-order valence-electron chi connectivity index (χ4n) is 3.16. The molecule has 3 N–H and O–H groups in total. The van der Waals surface area contributed by atoms with Crippen molar-refractivity contribution in [1.82, 2.24) is 15.6 Å². The van der Waals surface area contributed by atoms with Crippen LogP contribution in [-0.2, 0) is 9.59 Å². The molecule has 0 radical (unpaired) electrons. The van der Waals surface area contributed by atoms with Gasteiger partial charge in [-0.2, -0.15) is 0 Å². The minimum Gasteiger partial charge on any atom is -0.480 e. The lowest BCUT2D eigenvalue weighted by molar-refractivity contribution is -0.139. The van der Waals surface area contributed by atoms with Crippen molar-refractivity contribution < 1.29 is 14.7 Å². The summed E-state index contributed by atoms with van der Waals surface area (Å²) >= 11 is 1.50. The van der Waals surface area contributed by atoms with E-state index in [0.29, 0.717) is 12.3 Å². The zero-order valence-electron chi connectivity index (χ0n) is 13.1. The first-order valence-electron chi connectivity index (χ1n) is 7.52. The van der Waals surface area contributed by atoms with E-state index in [4.69, 9.17) is 0 Å². The third-order valence-electron chi connectivity index (χ3n) is 3.99. The highest BCUT2D eigenvalue weighted by atomic mass is 32.1. The number of hydrogen-bond donors (Lipinski definition) is 3. The van der Waals surface area contributed by atoms with E-state index in [-0.39, 0.29) is 23.9 Å². The van der Waals surface area contributed by atoms with Crippen LogP contribution in [0.2, 0.25) is 0 Å². The summed E-state index contributed by atoms with van der Waals surface area (Å²) in [6, 6.07) is -0.817. The summed E-state index contributed by atoms with van der Waals surface area (Å²) in [5, 5.41) is 17.5. The largest absolute Gasteiger partial charge is 0.480 e. The summed E-state index contributed by atoms with van der Waals surface area (Å²) in [4.78, 5) is 27.2. The summed E-state index contributed by atoms with van der Waals surface area (Å²) in [5.41, 5.74) is 2.67. The van der Waals surface area contributed by atoms with Crippen molar-refractivity contribution in [2.75, 3.05) is 0 Å². The van der Waals surface area contributed by atoms with Gasteiger partial charge in [0.15, 0.2) is 0 Å². The van der Waals surface area contributed by atoms with Crippen LogP contribution < -0.4 is 10.6 Å². The molecule has 7 heteroatoms. The number of aromatic nitrogens is 1. The molecule has 122 valence electrons. The molecule has 0 aliphatic carbocycles. The standard InChI is InChI=1S/C15H23N3O3S/c1-8(2)4-11(17-9(3)19)14-10(13-6-22-7-16-13)5-12(18-14)15(20)21/h6-8,10-12,14,18H,4-5H2,1-3H3,(H,17,19)(H,20,21)/t10?,11?,12-,14?/m0/s1. The molecule has 1 fully saturated rings. The normalized spacial score (nSPS) is 26.1.